The van der Waals surface area contributed by atoms with E-state index in [1.807, 2.05) is 0 Å². The molecule has 1 heterocycles. The largest absolute Gasteiger partial charge is 0.448 e. The van der Waals surface area contributed by atoms with Crippen LogP contribution in [0.2, 0.25) is 0 Å². The molecule has 0 bridgehead atoms. The van der Waals surface area contributed by atoms with Crippen LogP contribution in [0.25, 0.3) is 0 Å². The van der Waals surface area contributed by atoms with Crippen molar-refractivity contribution in [3.05, 3.63) is 17.8 Å². The first-order valence-corrected chi connectivity index (χ1v) is 6.57. The molecule has 5 heteroatoms. The molecular weight excluding hydrogens is 230 g/mol. The smallest absolute Gasteiger partial charge is 0.273 e. The van der Waals surface area contributed by atoms with Gasteiger partial charge in [-0.1, -0.05) is 12.8 Å². The lowest BCUT2D eigenvalue weighted by molar-refractivity contribution is 0.0941. The lowest BCUT2D eigenvalue weighted by atomic mass is 10.2. The van der Waals surface area contributed by atoms with Gasteiger partial charge in [-0.2, -0.15) is 0 Å². The van der Waals surface area contributed by atoms with Gasteiger partial charge in [-0.25, -0.2) is 4.98 Å². The Morgan fingerprint density at radius 1 is 1.56 bits per heavy atom. The number of oxazole rings is 1. The Kier molecular flexibility index (Phi) is 4.36. The highest BCUT2D eigenvalue weighted by atomic mass is 16.3. The molecule has 5 nitrogen and oxygen atoms in total. The van der Waals surface area contributed by atoms with Crippen molar-refractivity contribution >= 4 is 5.91 Å². The SMILES string of the molecule is Cc1ocnc1C(=O)NCCN(C)C1CCCC1. The number of likely N-dealkylation sites (N-methyl/N-ethyl adjacent to an activating group) is 1. The highest BCUT2D eigenvalue weighted by molar-refractivity contribution is 5.92. The van der Waals surface area contributed by atoms with Crippen molar-refractivity contribution in [2.24, 2.45) is 0 Å². The van der Waals surface area contributed by atoms with E-state index in [2.05, 4.69) is 22.2 Å². The lowest BCUT2D eigenvalue weighted by Gasteiger charge is -2.23. The third kappa shape index (κ3) is 3.10. The predicted molar refractivity (Wildman–Crippen MR) is 68.5 cm³/mol. The average Bonchev–Trinajstić information content (AvgIpc) is 2.99. The molecule has 1 saturated carbocycles. The molecule has 0 spiro atoms. The van der Waals surface area contributed by atoms with E-state index in [4.69, 9.17) is 4.42 Å². The fraction of sp³-hybridized carbons (Fsp3) is 0.692. The molecule has 1 amide bonds. The molecule has 1 fully saturated rings. The van der Waals surface area contributed by atoms with Crippen molar-refractivity contribution in [3.8, 4) is 0 Å². The van der Waals surface area contributed by atoms with E-state index in [1.54, 1.807) is 6.92 Å². The first-order chi connectivity index (χ1) is 8.68. The topological polar surface area (TPSA) is 58.4 Å². The molecule has 18 heavy (non-hydrogen) atoms. The number of carbonyl (C=O) groups is 1. The quantitative estimate of drug-likeness (QED) is 0.863. The van der Waals surface area contributed by atoms with Crippen LogP contribution in [0, 0.1) is 6.92 Å². The van der Waals surface area contributed by atoms with Crippen LogP contribution in [-0.4, -0.2) is 42.0 Å². The molecule has 0 saturated heterocycles. The van der Waals surface area contributed by atoms with Gasteiger partial charge in [0.05, 0.1) is 0 Å². The molecule has 0 aliphatic heterocycles. The Bertz CT molecular complexity index is 397. The Morgan fingerprint density at radius 2 is 2.28 bits per heavy atom. The number of nitrogens with one attached hydrogen (secondary N) is 1. The van der Waals surface area contributed by atoms with Gasteiger partial charge < -0.3 is 14.6 Å². The van der Waals surface area contributed by atoms with Gasteiger partial charge in [0.25, 0.3) is 5.91 Å². The van der Waals surface area contributed by atoms with Gasteiger partial charge in [0.15, 0.2) is 12.1 Å². The van der Waals surface area contributed by atoms with Crippen molar-refractivity contribution in [1.82, 2.24) is 15.2 Å². The first-order valence-electron chi connectivity index (χ1n) is 6.57. The summed E-state index contributed by atoms with van der Waals surface area (Å²) in [5.41, 5.74) is 0.388. The van der Waals surface area contributed by atoms with Crippen molar-refractivity contribution < 1.29 is 9.21 Å². The molecule has 0 radical (unpaired) electrons. The number of nitrogens with zero attached hydrogens (tertiary/aromatic N) is 2. The molecule has 1 aromatic heterocycles. The fourth-order valence-corrected chi connectivity index (χ4v) is 2.48. The first kappa shape index (κ1) is 13.1. The van der Waals surface area contributed by atoms with Crippen molar-refractivity contribution in [2.75, 3.05) is 20.1 Å². The monoisotopic (exact) mass is 251 g/mol. The summed E-state index contributed by atoms with van der Waals surface area (Å²) in [6, 6.07) is 0.690. The molecule has 100 valence electrons. The van der Waals surface area contributed by atoms with Gasteiger partial charge in [-0.15, -0.1) is 0 Å². The predicted octanol–water partition coefficient (Wildman–Crippen LogP) is 1.59. The molecule has 2 rings (SSSR count). The van der Waals surface area contributed by atoms with Crippen LogP contribution in [0.3, 0.4) is 0 Å². The minimum atomic E-state index is -0.152. The second kappa shape index (κ2) is 6.00. The third-order valence-corrected chi connectivity index (χ3v) is 3.66. The number of hydrogen-bond donors (Lipinski definition) is 1. The Balaban J connectivity index is 1.72. The zero-order valence-electron chi connectivity index (χ0n) is 11.1. The van der Waals surface area contributed by atoms with Crippen molar-refractivity contribution in [1.29, 1.82) is 0 Å². The van der Waals surface area contributed by atoms with Crippen LogP contribution < -0.4 is 5.32 Å². The van der Waals surface area contributed by atoms with Crippen LogP contribution in [0.15, 0.2) is 10.8 Å². The fourth-order valence-electron chi connectivity index (χ4n) is 2.48. The summed E-state index contributed by atoms with van der Waals surface area (Å²) in [7, 11) is 2.13. The van der Waals surface area contributed by atoms with E-state index >= 15 is 0 Å². The van der Waals surface area contributed by atoms with E-state index in [9.17, 15) is 4.79 Å². The maximum absolute atomic E-state index is 11.8. The molecule has 1 aliphatic rings. The summed E-state index contributed by atoms with van der Waals surface area (Å²) in [5.74, 6) is 0.415. The maximum atomic E-state index is 11.8. The summed E-state index contributed by atoms with van der Waals surface area (Å²) in [6.07, 6.45) is 6.54. The summed E-state index contributed by atoms with van der Waals surface area (Å²) >= 11 is 0. The van der Waals surface area contributed by atoms with Crippen LogP contribution in [0.5, 0.6) is 0 Å². The third-order valence-electron chi connectivity index (χ3n) is 3.66. The second-order valence-electron chi connectivity index (χ2n) is 4.93. The van der Waals surface area contributed by atoms with E-state index in [0.717, 1.165) is 6.54 Å². The Hall–Kier alpha value is -1.36. The van der Waals surface area contributed by atoms with E-state index in [0.29, 0.717) is 24.0 Å². The molecule has 1 N–H and O–H groups in total. The summed E-state index contributed by atoms with van der Waals surface area (Å²) in [5, 5.41) is 2.88. The minimum absolute atomic E-state index is 0.152. The van der Waals surface area contributed by atoms with Gasteiger partial charge in [0.1, 0.15) is 5.76 Å². The molecular formula is C13H21N3O2. The minimum Gasteiger partial charge on any atom is -0.448 e. The van der Waals surface area contributed by atoms with Crippen LogP contribution in [-0.2, 0) is 0 Å². The molecule has 1 aliphatic carbocycles. The summed E-state index contributed by atoms with van der Waals surface area (Å²) in [4.78, 5) is 18.0. The Labute approximate surface area is 108 Å². The molecule has 0 aromatic carbocycles. The van der Waals surface area contributed by atoms with Gasteiger partial charge in [0, 0.05) is 19.1 Å². The van der Waals surface area contributed by atoms with Gasteiger partial charge >= 0.3 is 0 Å². The molecule has 1 aromatic rings. The standard InChI is InChI=1S/C13H21N3O2/c1-10-12(15-9-18-10)13(17)14-7-8-16(2)11-5-3-4-6-11/h9,11H,3-8H2,1-2H3,(H,14,17). The molecule has 0 unspecified atom stereocenters. The van der Waals surface area contributed by atoms with Crippen molar-refractivity contribution in [3.63, 3.8) is 0 Å². The summed E-state index contributed by atoms with van der Waals surface area (Å²) in [6.45, 7) is 3.28. The lowest BCUT2D eigenvalue weighted by Crippen LogP contribution is -2.37. The number of aromatic nitrogens is 1. The van der Waals surface area contributed by atoms with Gasteiger partial charge in [0.2, 0.25) is 0 Å². The second-order valence-corrected chi connectivity index (χ2v) is 4.93. The van der Waals surface area contributed by atoms with Crippen molar-refractivity contribution in [2.45, 2.75) is 38.6 Å². The van der Waals surface area contributed by atoms with E-state index in [1.165, 1.54) is 32.1 Å². The maximum Gasteiger partial charge on any atom is 0.273 e. The number of hydrogen-bond acceptors (Lipinski definition) is 4. The normalized spacial score (nSPS) is 16.4. The van der Waals surface area contributed by atoms with E-state index in [-0.39, 0.29) is 5.91 Å². The zero-order valence-corrected chi connectivity index (χ0v) is 11.1. The van der Waals surface area contributed by atoms with E-state index < -0.39 is 0 Å². The number of aryl methyl sites for hydroxylation is 1. The Morgan fingerprint density at radius 3 is 2.89 bits per heavy atom. The highest BCUT2D eigenvalue weighted by Gasteiger charge is 2.19. The van der Waals surface area contributed by atoms with Gasteiger partial charge in [-0.3, -0.25) is 4.79 Å². The van der Waals surface area contributed by atoms with Crippen LogP contribution >= 0.6 is 0 Å². The highest BCUT2D eigenvalue weighted by Crippen LogP contribution is 2.21. The molecule has 0 atom stereocenters. The average molecular weight is 251 g/mol. The van der Waals surface area contributed by atoms with Gasteiger partial charge in [-0.05, 0) is 26.8 Å². The number of carbonyl (C=O) groups excluding carboxylic acids is 1. The van der Waals surface area contributed by atoms with Crippen LogP contribution in [0.1, 0.15) is 41.9 Å². The summed E-state index contributed by atoms with van der Waals surface area (Å²) < 4.78 is 5.01. The number of amides is 1. The zero-order chi connectivity index (χ0) is 13.0. The van der Waals surface area contributed by atoms with Crippen LogP contribution in [0.4, 0.5) is 0 Å². The number of rotatable bonds is 5.